The SMILES string of the molecule is CCC(N)C(Sc1nc(C)ns1)c1cccc(C)c1. The summed E-state index contributed by atoms with van der Waals surface area (Å²) in [6, 6.07) is 8.68. The van der Waals surface area contributed by atoms with Gasteiger partial charge in [0, 0.05) is 6.04 Å². The predicted molar refractivity (Wildman–Crippen MR) is 82.7 cm³/mol. The van der Waals surface area contributed by atoms with Crippen LogP contribution in [0, 0.1) is 13.8 Å². The van der Waals surface area contributed by atoms with Crippen LogP contribution in [0.3, 0.4) is 0 Å². The number of aryl methyl sites for hydroxylation is 2. The van der Waals surface area contributed by atoms with Gasteiger partial charge in [0.05, 0.1) is 5.25 Å². The van der Waals surface area contributed by atoms with E-state index in [9.17, 15) is 0 Å². The van der Waals surface area contributed by atoms with Crippen LogP contribution in [0.4, 0.5) is 0 Å². The minimum Gasteiger partial charge on any atom is -0.326 e. The number of hydrogen-bond acceptors (Lipinski definition) is 5. The lowest BCUT2D eigenvalue weighted by atomic mass is 10.0. The maximum absolute atomic E-state index is 6.29. The molecule has 2 N–H and O–H groups in total. The van der Waals surface area contributed by atoms with Crippen LogP contribution in [-0.4, -0.2) is 15.4 Å². The molecule has 0 bridgehead atoms. The van der Waals surface area contributed by atoms with Gasteiger partial charge < -0.3 is 5.73 Å². The van der Waals surface area contributed by atoms with Crippen molar-refractivity contribution in [2.24, 2.45) is 5.73 Å². The summed E-state index contributed by atoms with van der Waals surface area (Å²) >= 11 is 3.17. The van der Waals surface area contributed by atoms with E-state index in [1.807, 2.05) is 6.92 Å². The second-order valence-electron chi connectivity index (χ2n) is 4.63. The van der Waals surface area contributed by atoms with Gasteiger partial charge in [-0.15, -0.1) is 0 Å². The molecule has 0 amide bonds. The molecule has 102 valence electrons. The summed E-state index contributed by atoms with van der Waals surface area (Å²) in [4.78, 5) is 4.43. The van der Waals surface area contributed by atoms with Crippen LogP contribution in [0.2, 0.25) is 0 Å². The summed E-state index contributed by atoms with van der Waals surface area (Å²) in [6.07, 6.45) is 0.948. The van der Waals surface area contributed by atoms with Crippen molar-refractivity contribution in [2.75, 3.05) is 0 Å². The molecule has 2 unspecified atom stereocenters. The van der Waals surface area contributed by atoms with E-state index in [2.05, 4.69) is 47.5 Å². The first-order chi connectivity index (χ1) is 9.10. The molecule has 3 nitrogen and oxygen atoms in total. The first-order valence-electron chi connectivity index (χ1n) is 6.39. The van der Waals surface area contributed by atoms with Crippen LogP contribution in [-0.2, 0) is 0 Å². The zero-order chi connectivity index (χ0) is 13.8. The quantitative estimate of drug-likeness (QED) is 0.854. The van der Waals surface area contributed by atoms with Gasteiger partial charge in [-0.3, -0.25) is 0 Å². The van der Waals surface area contributed by atoms with E-state index in [1.54, 1.807) is 11.8 Å². The topological polar surface area (TPSA) is 51.8 Å². The van der Waals surface area contributed by atoms with Crippen molar-refractivity contribution in [3.63, 3.8) is 0 Å². The average Bonchev–Trinajstić information content (AvgIpc) is 2.80. The highest BCUT2D eigenvalue weighted by Crippen LogP contribution is 2.38. The fraction of sp³-hybridized carbons (Fsp3) is 0.429. The lowest BCUT2D eigenvalue weighted by Crippen LogP contribution is -2.25. The van der Waals surface area contributed by atoms with Gasteiger partial charge >= 0.3 is 0 Å². The minimum atomic E-state index is 0.121. The highest BCUT2D eigenvalue weighted by molar-refractivity contribution is 8.01. The van der Waals surface area contributed by atoms with E-state index >= 15 is 0 Å². The van der Waals surface area contributed by atoms with Crippen LogP contribution in [0.15, 0.2) is 28.6 Å². The maximum atomic E-state index is 6.29. The number of hydrogen-bond donors (Lipinski definition) is 1. The molecule has 2 rings (SSSR count). The number of aromatic nitrogens is 2. The van der Waals surface area contributed by atoms with E-state index in [1.165, 1.54) is 22.7 Å². The molecule has 2 aromatic rings. The van der Waals surface area contributed by atoms with Crippen molar-refractivity contribution in [2.45, 2.75) is 42.8 Å². The van der Waals surface area contributed by atoms with Crippen molar-refractivity contribution in [1.29, 1.82) is 0 Å². The monoisotopic (exact) mass is 293 g/mol. The lowest BCUT2D eigenvalue weighted by molar-refractivity contribution is 0.634. The minimum absolute atomic E-state index is 0.121. The fourth-order valence-corrected chi connectivity index (χ4v) is 3.97. The third-order valence-corrected chi connectivity index (χ3v) is 5.25. The zero-order valence-electron chi connectivity index (χ0n) is 11.5. The van der Waals surface area contributed by atoms with Gasteiger partial charge in [0.25, 0.3) is 0 Å². The third-order valence-electron chi connectivity index (χ3n) is 2.97. The van der Waals surface area contributed by atoms with Crippen molar-refractivity contribution >= 4 is 23.3 Å². The first-order valence-corrected chi connectivity index (χ1v) is 8.04. The first kappa shape index (κ1) is 14.5. The molecule has 0 spiro atoms. The van der Waals surface area contributed by atoms with E-state index in [4.69, 9.17) is 5.73 Å². The predicted octanol–water partition coefficient (Wildman–Crippen LogP) is 3.73. The molecule has 1 aromatic carbocycles. The Labute approximate surface area is 122 Å². The molecule has 0 radical (unpaired) electrons. The Hall–Kier alpha value is -0.910. The summed E-state index contributed by atoms with van der Waals surface area (Å²) in [7, 11) is 0. The molecule has 1 heterocycles. The Morgan fingerprint density at radius 1 is 1.37 bits per heavy atom. The number of benzene rings is 1. The van der Waals surface area contributed by atoms with E-state index < -0.39 is 0 Å². The highest BCUT2D eigenvalue weighted by atomic mass is 32.2. The number of nitrogens with zero attached hydrogens (tertiary/aromatic N) is 2. The Morgan fingerprint density at radius 2 is 2.16 bits per heavy atom. The molecule has 2 atom stereocenters. The van der Waals surface area contributed by atoms with Gasteiger partial charge in [0.2, 0.25) is 0 Å². The standard InChI is InChI=1S/C14H19N3S2/c1-4-12(15)13(11-7-5-6-9(2)8-11)18-14-16-10(3)17-19-14/h5-8,12-13H,4,15H2,1-3H3. The highest BCUT2D eigenvalue weighted by Gasteiger charge is 2.21. The third kappa shape index (κ3) is 3.78. The van der Waals surface area contributed by atoms with Gasteiger partial charge in [-0.2, -0.15) is 4.37 Å². The summed E-state index contributed by atoms with van der Waals surface area (Å²) < 4.78 is 5.23. The Bertz CT molecular complexity index is 539. The smallest absolute Gasteiger partial charge is 0.170 e. The van der Waals surface area contributed by atoms with Gasteiger partial charge in [-0.1, -0.05) is 48.5 Å². The Kier molecular flexibility index (Phi) is 4.96. The summed E-state index contributed by atoms with van der Waals surface area (Å²) in [6.45, 7) is 6.15. The van der Waals surface area contributed by atoms with Crippen LogP contribution < -0.4 is 5.73 Å². The Balaban J connectivity index is 2.25. The average molecular weight is 293 g/mol. The summed E-state index contributed by atoms with van der Waals surface area (Å²) in [5.74, 6) is 0.834. The molecule has 0 saturated heterocycles. The molecule has 0 aliphatic rings. The molecular weight excluding hydrogens is 274 g/mol. The van der Waals surface area contributed by atoms with Crippen LogP contribution in [0.25, 0.3) is 0 Å². The summed E-state index contributed by atoms with van der Waals surface area (Å²) in [5, 5.41) is 0.234. The number of rotatable bonds is 5. The lowest BCUT2D eigenvalue weighted by Gasteiger charge is -2.22. The number of nitrogens with two attached hydrogens (primary N) is 1. The maximum Gasteiger partial charge on any atom is 0.170 e. The van der Waals surface area contributed by atoms with Gasteiger partial charge in [0.15, 0.2) is 4.34 Å². The molecule has 0 fully saturated rings. The van der Waals surface area contributed by atoms with E-state index in [0.29, 0.717) is 0 Å². The van der Waals surface area contributed by atoms with E-state index in [0.717, 1.165) is 16.6 Å². The second-order valence-corrected chi connectivity index (χ2v) is 6.77. The van der Waals surface area contributed by atoms with Crippen LogP contribution in [0.5, 0.6) is 0 Å². The normalized spacial score (nSPS) is 14.3. The van der Waals surface area contributed by atoms with Crippen molar-refractivity contribution in [3.05, 3.63) is 41.2 Å². The van der Waals surface area contributed by atoms with Crippen LogP contribution >= 0.6 is 23.3 Å². The van der Waals surface area contributed by atoms with Crippen molar-refractivity contribution in [3.8, 4) is 0 Å². The van der Waals surface area contributed by atoms with Gasteiger partial charge in [0.1, 0.15) is 5.82 Å². The summed E-state index contributed by atoms with van der Waals surface area (Å²) in [5.41, 5.74) is 8.82. The number of thioether (sulfide) groups is 1. The molecular formula is C14H19N3S2. The van der Waals surface area contributed by atoms with Crippen LogP contribution in [0.1, 0.15) is 35.5 Å². The van der Waals surface area contributed by atoms with Gasteiger partial charge in [-0.05, 0) is 37.4 Å². The molecule has 0 aliphatic carbocycles. The molecule has 5 heteroatoms. The van der Waals surface area contributed by atoms with E-state index in [-0.39, 0.29) is 11.3 Å². The van der Waals surface area contributed by atoms with Crippen molar-refractivity contribution < 1.29 is 0 Å². The molecule has 0 saturated carbocycles. The largest absolute Gasteiger partial charge is 0.326 e. The Morgan fingerprint density at radius 3 is 2.74 bits per heavy atom. The van der Waals surface area contributed by atoms with Crippen molar-refractivity contribution in [1.82, 2.24) is 9.36 Å². The molecule has 1 aromatic heterocycles. The molecule has 19 heavy (non-hydrogen) atoms. The second kappa shape index (κ2) is 6.50. The fourth-order valence-electron chi connectivity index (χ4n) is 1.90. The zero-order valence-corrected chi connectivity index (χ0v) is 13.1. The van der Waals surface area contributed by atoms with Gasteiger partial charge in [-0.25, -0.2) is 4.98 Å². The molecule has 0 aliphatic heterocycles.